The summed E-state index contributed by atoms with van der Waals surface area (Å²) in [5.74, 6) is 2.55. The van der Waals surface area contributed by atoms with Crippen LogP contribution in [0.25, 0.3) is 16.5 Å². The predicted molar refractivity (Wildman–Crippen MR) is 101 cm³/mol. The Morgan fingerprint density at radius 1 is 1.00 bits per heavy atom. The number of hydrogen-bond acceptors (Lipinski definition) is 4. The van der Waals surface area contributed by atoms with Crippen LogP contribution in [0.2, 0.25) is 0 Å². The van der Waals surface area contributed by atoms with Crippen LogP contribution in [0.15, 0.2) is 48.7 Å². The van der Waals surface area contributed by atoms with Crippen LogP contribution in [-0.4, -0.2) is 51.0 Å². The van der Waals surface area contributed by atoms with Gasteiger partial charge in [-0.1, -0.05) is 35.5 Å². The maximum Gasteiger partial charge on any atom is 0.0844 e. The first-order chi connectivity index (χ1) is 11.9. The summed E-state index contributed by atoms with van der Waals surface area (Å²) in [5, 5.41) is 11.2. The Morgan fingerprint density at radius 3 is 2.88 bits per heavy atom. The van der Waals surface area contributed by atoms with E-state index in [2.05, 4.69) is 75.6 Å². The van der Waals surface area contributed by atoms with E-state index >= 15 is 0 Å². The summed E-state index contributed by atoms with van der Waals surface area (Å²) in [6, 6.07) is 14.8. The van der Waals surface area contributed by atoms with Crippen LogP contribution < -0.4 is 0 Å². The smallest absolute Gasteiger partial charge is 0.0844 e. The Labute approximate surface area is 146 Å². The molecule has 4 nitrogen and oxygen atoms in total. The molecule has 1 aromatic heterocycles. The van der Waals surface area contributed by atoms with Crippen molar-refractivity contribution in [1.82, 2.24) is 19.9 Å². The second-order valence-corrected chi connectivity index (χ2v) is 7.47. The fourth-order valence-electron chi connectivity index (χ4n) is 3.15. The summed E-state index contributed by atoms with van der Waals surface area (Å²) in [5.41, 5.74) is 2.14. The zero-order chi connectivity index (χ0) is 16.2. The van der Waals surface area contributed by atoms with Gasteiger partial charge in [0.25, 0.3) is 0 Å². The van der Waals surface area contributed by atoms with Crippen molar-refractivity contribution in [1.29, 1.82) is 0 Å². The molecule has 0 aliphatic carbocycles. The summed E-state index contributed by atoms with van der Waals surface area (Å²) in [7, 11) is 0. The number of hydrogen-bond donors (Lipinski definition) is 0. The topological polar surface area (TPSA) is 34.0 Å². The highest BCUT2D eigenvalue weighted by molar-refractivity contribution is 7.99. The molecule has 1 fully saturated rings. The van der Waals surface area contributed by atoms with Crippen molar-refractivity contribution in [2.24, 2.45) is 0 Å². The van der Waals surface area contributed by atoms with Gasteiger partial charge < -0.3 is 4.90 Å². The zero-order valence-corrected chi connectivity index (χ0v) is 14.6. The Balaban J connectivity index is 1.45. The van der Waals surface area contributed by atoms with E-state index in [1.54, 1.807) is 0 Å². The molecule has 0 unspecified atom stereocenters. The third-order valence-electron chi connectivity index (χ3n) is 4.54. The minimum absolute atomic E-state index is 0.970. The van der Waals surface area contributed by atoms with E-state index < -0.39 is 0 Å². The van der Waals surface area contributed by atoms with Crippen molar-refractivity contribution in [2.75, 3.05) is 31.1 Å². The average molecular weight is 338 g/mol. The molecule has 2 aromatic carbocycles. The van der Waals surface area contributed by atoms with Crippen molar-refractivity contribution < 1.29 is 0 Å². The lowest BCUT2D eigenvalue weighted by Gasteiger charge is -2.18. The Hall–Kier alpha value is -1.85. The van der Waals surface area contributed by atoms with Gasteiger partial charge in [-0.3, -0.25) is 0 Å². The van der Waals surface area contributed by atoms with Crippen LogP contribution in [0.4, 0.5) is 0 Å². The van der Waals surface area contributed by atoms with E-state index in [1.165, 1.54) is 41.8 Å². The monoisotopic (exact) mass is 338 g/mol. The molecule has 0 atom stereocenters. The SMILES string of the molecule is c1ccc2cc(-n3cc(CCN4CCCSCC4)nn3)ccc2c1. The number of fused-ring (bicyclic) bond motifs is 1. The van der Waals surface area contributed by atoms with Crippen molar-refractivity contribution in [3.63, 3.8) is 0 Å². The van der Waals surface area contributed by atoms with Crippen LogP contribution in [0.1, 0.15) is 12.1 Å². The summed E-state index contributed by atoms with van der Waals surface area (Å²) in [4.78, 5) is 2.55. The third-order valence-corrected chi connectivity index (χ3v) is 5.59. The number of thioether (sulfide) groups is 1. The van der Waals surface area contributed by atoms with Crippen LogP contribution in [0.5, 0.6) is 0 Å². The molecule has 0 bridgehead atoms. The highest BCUT2D eigenvalue weighted by Crippen LogP contribution is 2.18. The Bertz CT molecular complexity index is 806. The van der Waals surface area contributed by atoms with Crippen LogP contribution in [0.3, 0.4) is 0 Å². The van der Waals surface area contributed by atoms with Crippen molar-refractivity contribution in [3.8, 4) is 5.69 Å². The first kappa shape index (κ1) is 15.7. The summed E-state index contributed by atoms with van der Waals surface area (Å²) >= 11 is 2.07. The van der Waals surface area contributed by atoms with Crippen molar-refractivity contribution in [2.45, 2.75) is 12.8 Å². The second-order valence-electron chi connectivity index (χ2n) is 6.24. The minimum Gasteiger partial charge on any atom is -0.302 e. The molecular formula is C19H22N4S. The molecule has 2 heterocycles. The fraction of sp³-hybridized carbons (Fsp3) is 0.368. The van der Waals surface area contributed by atoms with Crippen LogP contribution >= 0.6 is 11.8 Å². The molecule has 5 heteroatoms. The van der Waals surface area contributed by atoms with E-state index in [0.717, 1.165) is 24.3 Å². The number of aromatic nitrogens is 3. The molecule has 4 rings (SSSR count). The predicted octanol–water partition coefficient (Wildman–Crippen LogP) is 3.40. The minimum atomic E-state index is 0.970. The molecule has 1 aliphatic rings. The standard InChI is InChI=1S/C19H22N4S/c1-2-5-17-14-19(7-6-16(17)4-1)23-15-18(20-21-23)8-10-22-9-3-12-24-13-11-22/h1-2,4-7,14-15H,3,8-13H2. The van der Waals surface area contributed by atoms with Gasteiger partial charge in [0, 0.05) is 25.3 Å². The number of rotatable bonds is 4. The maximum atomic E-state index is 4.36. The third kappa shape index (κ3) is 3.62. The lowest BCUT2D eigenvalue weighted by atomic mass is 10.1. The quantitative estimate of drug-likeness (QED) is 0.730. The zero-order valence-electron chi connectivity index (χ0n) is 13.8. The van der Waals surface area contributed by atoms with Crippen LogP contribution in [0, 0.1) is 0 Å². The molecule has 0 radical (unpaired) electrons. The highest BCUT2D eigenvalue weighted by atomic mass is 32.2. The van der Waals surface area contributed by atoms with Gasteiger partial charge in [0.05, 0.1) is 17.6 Å². The van der Waals surface area contributed by atoms with Gasteiger partial charge in [0.2, 0.25) is 0 Å². The van der Waals surface area contributed by atoms with Crippen molar-refractivity contribution in [3.05, 3.63) is 54.4 Å². The van der Waals surface area contributed by atoms with Gasteiger partial charge >= 0.3 is 0 Å². The number of benzene rings is 2. The Kier molecular flexibility index (Phi) is 4.81. The van der Waals surface area contributed by atoms with E-state index in [-0.39, 0.29) is 0 Å². The molecule has 1 aliphatic heterocycles. The summed E-state index contributed by atoms with van der Waals surface area (Å²) in [6.07, 6.45) is 4.34. The fourth-order valence-corrected chi connectivity index (χ4v) is 4.08. The van der Waals surface area contributed by atoms with E-state index in [9.17, 15) is 0 Å². The van der Waals surface area contributed by atoms with Gasteiger partial charge in [-0.05, 0) is 41.6 Å². The lowest BCUT2D eigenvalue weighted by molar-refractivity contribution is 0.298. The van der Waals surface area contributed by atoms with E-state index in [1.807, 2.05) is 4.68 Å². The largest absolute Gasteiger partial charge is 0.302 e. The van der Waals surface area contributed by atoms with Gasteiger partial charge in [0.1, 0.15) is 0 Å². The second kappa shape index (κ2) is 7.36. The molecule has 0 saturated carbocycles. The number of nitrogens with zero attached hydrogens (tertiary/aromatic N) is 4. The van der Waals surface area contributed by atoms with Gasteiger partial charge in [-0.2, -0.15) is 11.8 Å². The molecule has 24 heavy (non-hydrogen) atoms. The molecule has 0 amide bonds. The van der Waals surface area contributed by atoms with Gasteiger partial charge in [-0.15, -0.1) is 5.10 Å². The first-order valence-corrected chi connectivity index (χ1v) is 9.74. The van der Waals surface area contributed by atoms with Crippen LogP contribution in [-0.2, 0) is 6.42 Å². The van der Waals surface area contributed by atoms with E-state index in [4.69, 9.17) is 0 Å². The molecule has 0 N–H and O–H groups in total. The first-order valence-electron chi connectivity index (χ1n) is 8.59. The lowest BCUT2D eigenvalue weighted by Crippen LogP contribution is -2.28. The molecule has 3 aromatic rings. The molecule has 1 saturated heterocycles. The molecular weight excluding hydrogens is 316 g/mol. The van der Waals surface area contributed by atoms with Gasteiger partial charge in [-0.25, -0.2) is 4.68 Å². The summed E-state index contributed by atoms with van der Waals surface area (Å²) in [6.45, 7) is 3.49. The van der Waals surface area contributed by atoms with Crippen molar-refractivity contribution >= 4 is 22.5 Å². The average Bonchev–Trinajstić information content (AvgIpc) is 2.95. The van der Waals surface area contributed by atoms with Gasteiger partial charge in [0.15, 0.2) is 0 Å². The van der Waals surface area contributed by atoms with E-state index in [0.29, 0.717) is 0 Å². The normalized spacial score (nSPS) is 16.3. The molecule has 0 spiro atoms. The highest BCUT2D eigenvalue weighted by Gasteiger charge is 2.10. The Morgan fingerprint density at radius 2 is 1.92 bits per heavy atom. The summed E-state index contributed by atoms with van der Waals surface area (Å²) < 4.78 is 1.89. The maximum absolute atomic E-state index is 4.36. The molecule has 124 valence electrons.